The predicted octanol–water partition coefficient (Wildman–Crippen LogP) is 1.65. The molecule has 2 aromatic rings. The van der Waals surface area contributed by atoms with Crippen LogP contribution in [0.5, 0.6) is 0 Å². The van der Waals surface area contributed by atoms with Gasteiger partial charge in [-0.3, -0.25) is 10.1 Å². The van der Waals surface area contributed by atoms with E-state index in [4.69, 9.17) is 4.74 Å². The van der Waals surface area contributed by atoms with Crippen molar-refractivity contribution in [1.29, 1.82) is 0 Å². The normalized spacial score (nSPS) is 10.2. The highest BCUT2D eigenvalue weighted by molar-refractivity contribution is 5.85. The summed E-state index contributed by atoms with van der Waals surface area (Å²) in [5.74, 6) is 0.664. The molecule has 1 N–H and O–H groups in total. The molecule has 0 fully saturated rings. The van der Waals surface area contributed by atoms with Gasteiger partial charge in [-0.05, 0) is 19.1 Å². The summed E-state index contributed by atoms with van der Waals surface area (Å²) < 4.78 is 6.86. The molecule has 0 bridgehead atoms. The number of halogens is 1. The van der Waals surface area contributed by atoms with E-state index in [0.29, 0.717) is 13.2 Å². The van der Waals surface area contributed by atoms with Crippen molar-refractivity contribution in [3.05, 3.63) is 30.1 Å². The number of carbonyl (C=O) groups excluding carboxylic acids is 1. The molecule has 0 unspecified atom stereocenters. The first-order chi connectivity index (χ1) is 8.72. The van der Waals surface area contributed by atoms with Gasteiger partial charge in [-0.15, -0.1) is 12.4 Å². The van der Waals surface area contributed by atoms with Crippen molar-refractivity contribution >= 4 is 29.4 Å². The van der Waals surface area contributed by atoms with Crippen LogP contribution in [0.25, 0.3) is 11.0 Å². The van der Waals surface area contributed by atoms with Crippen LogP contribution in [0.1, 0.15) is 12.7 Å². The summed E-state index contributed by atoms with van der Waals surface area (Å²) in [4.78, 5) is 15.7. The number of esters is 1. The summed E-state index contributed by atoms with van der Waals surface area (Å²) in [6, 6.07) is 7.95. The fourth-order valence-corrected chi connectivity index (χ4v) is 1.84. The van der Waals surface area contributed by atoms with Gasteiger partial charge in [0.2, 0.25) is 0 Å². The number of imidazole rings is 1. The van der Waals surface area contributed by atoms with E-state index in [-0.39, 0.29) is 24.9 Å². The van der Waals surface area contributed by atoms with E-state index in [1.54, 1.807) is 6.92 Å². The Kier molecular flexibility index (Phi) is 5.79. The van der Waals surface area contributed by atoms with E-state index in [0.717, 1.165) is 16.9 Å². The van der Waals surface area contributed by atoms with Gasteiger partial charge in [0.25, 0.3) is 0 Å². The number of hydrogen-bond acceptors (Lipinski definition) is 4. The first-order valence-corrected chi connectivity index (χ1v) is 5.99. The van der Waals surface area contributed by atoms with Gasteiger partial charge in [0, 0.05) is 7.05 Å². The topological polar surface area (TPSA) is 56.1 Å². The second-order valence-electron chi connectivity index (χ2n) is 3.98. The molecule has 0 spiro atoms. The number of benzene rings is 1. The standard InChI is InChI=1S/C13H17N3O2.ClH/c1-3-18-13(17)9-14-8-12-15-10-6-4-5-7-11(10)16(12)2;/h4-7,14H,3,8-9H2,1-2H3;1H. The lowest BCUT2D eigenvalue weighted by Crippen LogP contribution is -2.25. The third-order valence-corrected chi connectivity index (χ3v) is 2.74. The van der Waals surface area contributed by atoms with Crippen LogP contribution in [0.4, 0.5) is 0 Å². The zero-order chi connectivity index (χ0) is 13.0. The third kappa shape index (κ3) is 3.68. The molecule has 0 aliphatic carbocycles. The van der Waals surface area contributed by atoms with Crippen LogP contribution < -0.4 is 5.32 Å². The maximum absolute atomic E-state index is 11.2. The molecule has 1 aromatic carbocycles. The predicted molar refractivity (Wildman–Crippen MR) is 76.3 cm³/mol. The van der Waals surface area contributed by atoms with Crippen LogP contribution in [0.2, 0.25) is 0 Å². The van der Waals surface area contributed by atoms with Crippen LogP contribution in [-0.2, 0) is 23.1 Å². The van der Waals surface area contributed by atoms with Crippen molar-refractivity contribution in [2.24, 2.45) is 7.05 Å². The van der Waals surface area contributed by atoms with Crippen LogP contribution in [0.15, 0.2) is 24.3 Å². The van der Waals surface area contributed by atoms with Gasteiger partial charge in [0.1, 0.15) is 5.82 Å². The largest absolute Gasteiger partial charge is 0.465 e. The molecule has 6 heteroatoms. The van der Waals surface area contributed by atoms with E-state index < -0.39 is 0 Å². The van der Waals surface area contributed by atoms with Gasteiger partial charge in [-0.25, -0.2) is 4.98 Å². The molecule has 0 aliphatic heterocycles. The van der Waals surface area contributed by atoms with E-state index in [1.165, 1.54) is 0 Å². The molecule has 1 aromatic heterocycles. The molecule has 0 atom stereocenters. The zero-order valence-electron chi connectivity index (χ0n) is 11.0. The van der Waals surface area contributed by atoms with Crippen LogP contribution in [-0.4, -0.2) is 28.7 Å². The lowest BCUT2D eigenvalue weighted by Gasteiger charge is -2.04. The Hall–Kier alpha value is -1.59. The molecule has 0 saturated carbocycles. The van der Waals surface area contributed by atoms with Crippen molar-refractivity contribution in [3.8, 4) is 0 Å². The Morgan fingerprint density at radius 3 is 2.84 bits per heavy atom. The van der Waals surface area contributed by atoms with Crippen LogP contribution in [0.3, 0.4) is 0 Å². The van der Waals surface area contributed by atoms with Crippen molar-refractivity contribution < 1.29 is 9.53 Å². The summed E-state index contributed by atoms with van der Waals surface area (Å²) in [6.07, 6.45) is 0. The SMILES string of the molecule is CCOC(=O)CNCc1nc2ccccc2n1C.Cl. The first-order valence-electron chi connectivity index (χ1n) is 5.99. The van der Waals surface area contributed by atoms with Crippen LogP contribution >= 0.6 is 12.4 Å². The van der Waals surface area contributed by atoms with Gasteiger partial charge >= 0.3 is 5.97 Å². The van der Waals surface area contributed by atoms with Crippen molar-refractivity contribution in [3.63, 3.8) is 0 Å². The van der Waals surface area contributed by atoms with Crippen molar-refractivity contribution in [1.82, 2.24) is 14.9 Å². The van der Waals surface area contributed by atoms with Crippen molar-refractivity contribution in [2.75, 3.05) is 13.2 Å². The van der Waals surface area contributed by atoms with Gasteiger partial charge in [0.15, 0.2) is 0 Å². The zero-order valence-corrected chi connectivity index (χ0v) is 11.9. The fourth-order valence-electron chi connectivity index (χ4n) is 1.84. The maximum atomic E-state index is 11.2. The first kappa shape index (κ1) is 15.5. The highest BCUT2D eigenvalue weighted by atomic mass is 35.5. The Bertz CT molecular complexity index is 554. The minimum atomic E-state index is -0.240. The molecule has 19 heavy (non-hydrogen) atoms. The smallest absolute Gasteiger partial charge is 0.319 e. The second kappa shape index (κ2) is 7.11. The number of rotatable bonds is 5. The van der Waals surface area contributed by atoms with E-state index in [2.05, 4.69) is 10.3 Å². The number of nitrogens with one attached hydrogen (secondary N) is 1. The molecule has 1 heterocycles. The van der Waals surface area contributed by atoms with Gasteiger partial charge in [-0.2, -0.15) is 0 Å². The molecule has 0 radical (unpaired) electrons. The monoisotopic (exact) mass is 283 g/mol. The quantitative estimate of drug-likeness (QED) is 0.848. The highest BCUT2D eigenvalue weighted by Crippen LogP contribution is 2.13. The maximum Gasteiger partial charge on any atom is 0.319 e. The number of para-hydroxylation sites is 2. The van der Waals surface area contributed by atoms with E-state index in [9.17, 15) is 4.79 Å². The number of hydrogen-bond donors (Lipinski definition) is 1. The third-order valence-electron chi connectivity index (χ3n) is 2.74. The number of aryl methyl sites for hydroxylation is 1. The Balaban J connectivity index is 0.00000180. The highest BCUT2D eigenvalue weighted by Gasteiger charge is 2.07. The molecule has 0 amide bonds. The molecular weight excluding hydrogens is 266 g/mol. The number of fused-ring (bicyclic) bond motifs is 1. The lowest BCUT2D eigenvalue weighted by atomic mass is 10.3. The molecule has 5 nitrogen and oxygen atoms in total. The van der Waals surface area contributed by atoms with E-state index in [1.807, 2.05) is 35.9 Å². The second-order valence-corrected chi connectivity index (χ2v) is 3.98. The van der Waals surface area contributed by atoms with Gasteiger partial charge < -0.3 is 9.30 Å². The van der Waals surface area contributed by atoms with Crippen LogP contribution in [0, 0.1) is 0 Å². The minimum Gasteiger partial charge on any atom is -0.465 e. The number of carbonyl (C=O) groups is 1. The Labute approximate surface area is 118 Å². The minimum absolute atomic E-state index is 0. The number of aromatic nitrogens is 2. The average molecular weight is 284 g/mol. The molecular formula is C13H18ClN3O2. The van der Waals surface area contributed by atoms with E-state index >= 15 is 0 Å². The molecule has 104 valence electrons. The summed E-state index contributed by atoms with van der Waals surface area (Å²) in [6.45, 7) is 2.96. The number of nitrogens with zero attached hydrogens (tertiary/aromatic N) is 2. The number of ether oxygens (including phenoxy) is 1. The summed E-state index contributed by atoms with van der Waals surface area (Å²) >= 11 is 0. The summed E-state index contributed by atoms with van der Waals surface area (Å²) in [5, 5.41) is 3.03. The summed E-state index contributed by atoms with van der Waals surface area (Å²) in [7, 11) is 1.97. The molecule has 2 rings (SSSR count). The Morgan fingerprint density at radius 2 is 2.16 bits per heavy atom. The molecule has 0 aliphatic rings. The summed E-state index contributed by atoms with van der Waals surface area (Å²) in [5.41, 5.74) is 2.05. The lowest BCUT2D eigenvalue weighted by molar-refractivity contribution is -0.142. The van der Waals surface area contributed by atoms with Crippen molar-refractivity contribution in [2.45, 2.75) is 13.5 Å². The van der Waals surface area contributed by atoms with Gasteiger partial charge in [-0.1, -0.05) is 12.1 Å². The molecule has 0 saturated heterocycles. The average Bonchev–Trinajstić information content (AvgIpc) is 2.68. The fraction of sp³-hybridized carbons (Fsp3) is 0.385. The Morgan fingerprint density at radius 1 is 1.42 bits per heavy atom. The van der Waals surface area contributed by atoms with Gasteiger partial charge in [0.05, 0.1) is 30.7 Å².